The minimum atomic E-state index is -0.156. The minimum absolute atomic E-state index is 0.0652. The van der Waals surface area contributed by atoms with E-state index in [0.29, 0.717) is 17.8 Å². The number of allylic oxidation sites excluding steroid dienone is 3. The number of nitrogens with zero attached hydrogens (tertiary/aromatic N) is 1. The van der Waals surface area contributed by atoms with Gasteiger partial charge in [0.05, 0.1) is 5.71 Å². The lowest BCUT2D eigenvalue weighted by atomic mass is 9.47. The van der Waals surface area contributed by atoms with Gasteiger partial charge in [0.25, 0.3) is 0 Å². The molecule has 2 saturated carbocycles. The molecule has 27 heavy (non-hydrogen) atoms. The molecular weight excluding hydrogens is 338 g/mol. The van der Waals surface area contributed by atoms with Gasteiger partial charge in [0, 0.05) is 13.3 Å². The van der Waals surface area contributed by atoms with E-state index >= 15 is 0 Å². The van der Waals surface area contributed by atoms with Crippen molar-refractivity contribution in [2.45, 2.75) is 78.7 Å². The Hall–Kier alpha value is -1.58. The van der Waals surface area contributed by atoms with Crippen LogP contribution in [0.1, 0.15) is 72.6 Å². The number of ether oxygens (including phenoxy) is 1. The van der Waals surface area contributed by atoms with Gasteiger partial charge in [0.2, 0.25) is 0 Å². The number of hydrogen-bond donors (Lipinski definition) is 1. The van der Waals surface area contributed by atoms with E-state index in [1.165, 1.54) is 30.9 Å². The van der Waals surface area contributed by atoms with Crippen molar-refractivity contribution in [3.8, 4) is 0 Å². The Kier molecular flexibility index (Phi) is 4.51. The Bertz CT molecular complexity index is 736. The van der Waals surface area contributed by atoms with Crippen molar-refractivity contribution >= 4 is 11.7 Å². The summed E-state index contributed by atoms with van der Waals surface area (Å²) in [7, 11) is 0. The third kappa shape index (κ3) is 2.78. The predicted octanol–water partition coefficient (Wildman–Crippen LogP) is 5.27. The molecule has 0 amide bonds. The first-order valence-electron chi connectivity index (χ1n) is 10.6. The van der Waals surface area contributed by atoms with Gasteiger partial charge < -0.3 is 9.94 Å². The molecule has 4 aliphatic rings. The Morgan fingerprint density at radius 2 is 1.85 bits per heavy atom. The van der Waals surface area contributed by atoms with Gasteiger partial charge in [-0.25, -0.2) is 0 Å². The average molecular weight is 372 g/mol. The Labute approximate surface area is 162 Å². The number of hydrogen-bond acceptors (Lipinski definition) is 4. The van der Waals surface area contributed by atoms with E-state index in [-0.39, 0.29) is 22.9 Å². The molecule has 1 N–H and O–H groups in total. The van der Waals surface area contributed by atoms with Gasteiger partial charge in [-0.3, -0.25) is 4.79 Å². The van der Waals surface area contributed by atoms with Gasteiger partial charge in [0.15, 0.2) is 0 Å². The molecule has 4 nitrogen and oxygen atoms in total. The Morgan fingerprint density at radius 3 is 2.56 bits per heavy atom. The van der Waals surface area contributed by atoms with Crippen LogP contribution in [-0.4, -0.2) is 23.0 Å². The van der Waals surface area contributed by atoms with E-state index in [4.69, 9.17) is 4.74 Å². The van der Waals surface area contributed by atoms with E-state index < -0.39 is 0 Å². The first-order chi connectivity index (χ1) is 12.8. The predicted molar refractivity (Wildman–Crippen MR) is 106 cm³/mol. The largest absolute Gasteiger partial charge is 0.462 e. The molecule has 0 unspecified atom stereocenters. The molecule has 148 valence electrons. The molecule has 0 aromatic rings. The summed E-state index contributed by atoms with van der Waals surface area (Å²) in [6.45, 7) is 8.30. The van der Waals surface area contributed by atoms with E-state index in [9.17, 15) is 10.0 Å². The van der Waals surface area contributed by atoms with Crippen molar-refractivity contribution < 1.29 is 14.7 Å². The molecule has 0 saturated heterocycles. The lowest BCUT2D eigenvalue weighted by Gasteiger charge is -2.57. The third-order valence-corrected chi connectivity index (χ3v) is 8.51. The molecule has 0 aromatic carbocycles. The lowest BCUT2D eigenvalue weighted by molar-refractivity contribution is -0.148. The van der Waals surface area contributed by atoms with Crippen LogP contribution in [0, 0.1) is 28.6 Å². The van der Waals surface area contributed by atoms with Crippen molar-refractivity contribution in [2.75, 3.05) is 0 Å². The molecule has 4 heteroatoms. The van der Waals surface area contributed by atoms with Crippen LogP contribution in [0.15, 0.2) is 28.5 Å². The van der Waals surface area contributed by atoms with Crippen LogP contribution in [0.3, 0.4) is 0 Å². The maximum Gasteiger partial charge on any atom is 0.302 e. The molecule has 0 aliphatic heterocycles. The van der Waals surface area contributed by atoms with E-state index in [0.717, 1.165) is 37.8 Å². The smallest absolute Gasteiger partial charge is 0.302 e. The second-order valence-electron chi connectivity index (χ2n) is 9.73. The summed E-state index contributed by atoms with van der Waals surface area (Å²) in [5.74, 6) is 1.90. The summed E-state index contributed by atoms with van der Waals surface area (Å²) < 4.78 is 5.53. The second kappa shape index (κ2) is 6.49. The summed E-state index contributed by atoms with van der Waals surface area (Å²) in [6.07, 6.45) is 12.6. The maximum atomic E-state index is 11.4. The van der Waals surface area contributed by atoms with E-state index in [1.807, 2.05) is 6.92 Å². The molecule has 0 radical (unpaired) electrons. The highest BCUT2D eigenvalue weighted by molar-refractivity contribution is 5.99. The van der Waals surface area contributed by atoms with Crippen molar-refractivity contribution in [3.05, 3.63) is 23.3 Å². The summed E-state index contributed by atoms with van der Waals surface area (Å²) in [4.78, 5) is 11.4. The van der Waals surface area contributed by atoms with Crippen molar-refractivity contribution in [1.82, 2.24) is 0 Å². The molecule has 0 bridgehead atoms. The van der Waals surface area contributed by atoms with Gasteiger partial charge >= 0.3 is 5.97 Å². The molecule has 6 atom stereocenters. The fourth-order valence-corrected chi connectivity index (χ4v) is 7.14. The number of rotatable bonds is 2. The van der Waals surface area contributed by atoms with Gasteiger partial charge in [-0.05, 0) is 79.6 Å². The summed E-state index contributed by atoms with van der Waals surface area (Å²) >= 11 is 0. The molecule has 0 aromatic heterocycles. The van der Waals surface area contributed by atoms with E-state index in [1.54, 1.807) is 0 Å². The Morgan fingerprint density at radius 1 is 1.11 bits per heavy atom. The zero-order valence-electron chi connectivity index (χ0n) is 17.1. The number of carbonyl (C=O) groups is 1. The van der Waals surface area contributed by atoms with Crippen LogP contribution in [-0.2, 0) is 9.53 Å². The highest BCUT2D eigenvalue weighted by Crippen LogP contribution is 2.65. The SMILES string of the molecule is CC(=O)O[C@@H]1CC[C@@]2(C)C(=CC[C@H]3[C@@H]2CC[C@]2(C)C(/C(C)=N/O)=CC[C@@H]32)C1. The summed E-state index contributed by atoms with van der Waals surface area (Å²) in [5.41, 5.74) is 3.99. The fourth-order valence-electron chi connectivity index (χ4n) is 7.14. The van der Waals surface area contributed by atoms with Crippen LogP contribution in [0.2, 0.25) is 0 Å². The first kappa shape index (κ1) is 18.8. The summed E-state index contributed by atoms with van der Waals surface area (Å²) in [6, 6.07) is 0. The van der Waals surface area contributed by atoms with Crippen molar-refractivity contribution in [2.24, 2.45) is 33.7 Å². The van der Waals surface area contributed by atoms with Crippen LogP contribution in [0.5, 0.6) is 0 Å². The quantitative estimate of drug-likeness (QED) is 0.237. The monoisotopic (exact) mass is 371 g/mol. The molecule has 4 rings (SSSR count). The minimum Gasteiger partial charge on any atom is -0.462 e. The topological polar surface area (TPSA) is 58.9 Å². The number of oxime groups is 1. The molecule has 4 aliphatic carbocycles. The first-order valence-corrected chi connectivity index (χ1v) is 10.6. The molecule has 0 heterocycles. The van der Waals surface area contributed by atoms with Crippen LogP contribution < -0.4 is 0 Å². The zero-order chi connectivity index (χ0) is 19.4. The standard InChI is InChI=1S/C23H33NO3/c1-14(24-26)19-7-8-20-18-6-5-16-13-17(27-15(2)25)9-11-22(16,3)21(18)10-12-23(19,20)4/h5,7,17-18,20-21,26H,6,8-13H2,1-4H3/b24-14+/t17-,18-,20+,21+,22+,23-/m1/s1. The molecule has 2 fully saturated rings. The van der Waals surface area contributed by atoms with Crippen molar-refractivity contribution in [1.29, 1.82) is 0 Å². The second-order valence-corrected chi connectivity index (χ2v) is 9.73. The molecule has 0 spiro atoms. The molecular formula is C23H33NO3. The fraction of sp³-hybridized carbons (Fsp3) is 0.739. The van der Waals surface area contributed by atoms with Gasteiger partial charge in [-0.15, -0.1) is 0 Å². The average Bonchev–Trinajstić information content (AvgIpc) is 2.98. The van der Waals surface area contributed by atoms with Crippen LogP contribution in [0.4, 0.5) is 0 Å². The highest BCUT2D eigenvalue weighted by Gasteiger charge is 2.57. The number of carbonyl (C=O) groups excluding carboxylic acids is 1. The van der Waals surface area contributed by atoms with Gasteiger partial charge in [-0.2, -0.15) is 0 Å². The summed E-state index contributed by atoms with van der Waals surface area (Å²) in [5, 5.41) is 12.8. The number of esters is 1. The van der Waals surface area contributed by atoms with E-state index in [2.05, 4.69) is 31.2 Å². The van der Waals surface area contributed by atoms with Crippen LogP contribution in [0.25, 0.3) is 0 Å². The third-order valence-electron chi connectivity index (χ3n) is 8.51. The highest BCUT2D eigenvalue weighted by atomic mass is 16.5. The normalized spacial score (nSPS) is 43.8. The van der Waals surface area contributed by atoms with Gasteiger partial charge in [-0.1, -0.05) is 36.7 Å². The Balaban J connectivity index is 1.59. The zero-order valence-corrected chi connectivity index (χ0v) is 17.1. The lowest BCUT2D eigenvalue weighted by Crippen LogP contribution is -2.50. The van der Waals surface area contributed by atoms with Gasteiger partial charge in [0.1, 0.15) is 6.10 Å². The number of fused-ring (bicyclic) bond motifs is 5. The van der Waals surface area contributed by atoms with Crippen molar-refractivity contribution in [3.63, 3.8) is 0 Å². The maximum absolute atomic E-state index is 11.4. The van der Waals surface area contributed by atoms with Crippen LogP contribution >= 0.6 is 0 Å².